The van der Waals surface area contributed by atoms with Gasteiger partial charge in [-0.25, -0.2) is 0 Å². The van der Waals surface area contributed by atoms with Gasteiger partial charge in [0.25, 0.3) is 0 Å². The van der Waals surface area contributed by atoms with Crippen LogP contribution in [0.25, 0.3) is 0 Å². The minimum absolute atomic E-state index is 0.00156. The van der Waals surface area contributed by atoms with E-state index in [2.05, 4.69) is 10.6 Å². The van der Waals surface area contributed by atoms with E-state index < -0.39 is 29.0 Å². The number of hydrogen-bond acceptors (Lipinski definition) is 2. The molecule has 0 radical (unpaired) electrons. The average molecular weight is 344 g/mol. The van der Waals surface area contributed by atoms with Crippen LogP contribution >= 0.6 is 0 Å². The monoisotopic (exact) mass is 344 g/mol. The molecule has 0 aliphatic carbocycles. The van der Waals surface area contributed by atoms with Crippen molar-refractivity contribution in [3.8, 4) is 0 Å². The summed E-state index contributed by atoms with van der Waals surface area (Å²) >= 11 is 0. The van der Waals surface area contributed by atoms with E-state index in [1.807, 2.05) is 6.92 Å². The van der Waals surface area contributed by atoms with Crippen molar-refractivity contribution in [3.05, 3.63) is 29.8 Å². The predicted molar refractivity (Wildman–Crippen MR) is 86.4 cm³/mol. The van der Waals surface area contributed by atoms with Gasteiger partial charge in [-0.05, 0) is 38.5 Å². The molecule has 134 valence electrons. The summed E-state index contributed by atoms with van der Waals surface area (Å²) in [5.41, 5.74) is -2.25. The van der Waals surface area contributed by atoms with Gasteiger partial charge in [-0.15, -0.1) is 0 Å². The lowest BCUT2D eigenvalue weighted by atomic mass is 9.90. The van der Waals surface area contributed by atoms with Crippen LogP contribution < -0.4 is 10.6 Å². The summed E-state index contributed by atoms with van der Waals surface area (Å²) in [6.07, 6.45) is -1.70. The molecule has 0 bridgehead atoms. The van der Waals surface area contributed by atoms with Crippen molar-refractivity contribution >= 4 is 17.5 Å². The van der Waals surface area contributed by atoms with Gasteiger partial charge in [-0.1, -0.05) is 25.8 Å². The number of rotatable bonds is 7. The molecule has 1 rings (SSSR count). The normalized spacial score (nSPS) is 11.9. The molecule has 0 aromatic heterocycles. The van der Waals surface area contributed by atoms with Crippen LogP contribution in [0.2, 0.25) is 0 Å². The highest BCUT2D eigenvalue weighted by Gasteiger charge is 2.36. The Morgan fingerprint density at radius 2 is 1.75 bits per heavy atom. The summed E-state index contributed by atoms with van der Waals surface area (Å²) < 4.78 is 38.1. The number of amides is 2. The first-order valence-corrected chi connectivity index (χ1v) is 7.86. The Labute approximate surface area is 139 Å². The van der Waals surface area contributed by atoms with Crippen molar-refractivity contribution in [3.63, 3.8) is 0 Å². The molecule has 24 heavy (non-hydrogen) atoms. The van der Waals surface area contributed by atoms with Crippen molar-refractivity contribution in [2.75, 3.05) is 11.9 Å². The molecule has 0 spiro atoms. The SMILES string of the molecule is CCCCCNC(=O)C(C)(C)C(=O)Nc1cccc(C(F)(F)F)c1. The van der Waals surface area contributed by atoms with Crippen LogP contribution in [0.5, 0.6) is 0 Å². The largest absolute Gasteiger partial charge is 0.416 e. The lowest BCUT2D eigenvalue weighted by Crippen LogP contribution is -2.45. The Bertz CT molecular complexity index is 583. The van der Waals surface area contributed by atoms with Gasteiger partial charge >= 0.3 is 6.18 Å². The maximum Gasteiger partial charge on any atom is 0.416 e. The third-order valence-electron chi connectivity index (χ3n) is 3.65. The molecule has 0 aliphatic heterocycles. The summed E-state index contributed by atoms with van der Waals surface area (Å²) in [7, 11) is 0. The molecule has 0 heterocycles. The molecule has 0 aliphatic rings. The van der Waals surface area contributed by atoms with Gasteiger partial charge in [0, 0.05) is 12.2 Å². The fourth-order valence-electron chi connectivity index (χ4n) is 1.96. The van der Waals surface area contributed by atoms with Gasteiger partial charge in [0.05, 0.1) is 5.56 Å². The summed E-state index contributed by atoms with van der Waals surface area (Å²) in [6.45, 7) is 5.37. The quantitative estimate of drug-likeness (QED) is 0.581. The molecule has 1 aromatic carbocycles. The van der Waals surface area contributed by atoms with Gasteiger partial charge in [0.2, 0.25) is 11.8 Å². The second kappa shape index (κ2) is 8.17. The third kappa shape index (κ3) is 5.54. The molecule has 7 heteroatoms. The molecular formula is C17H23F3N2O2. The molecule has 0 saturated heterocycles. The second-order valence-electron chi connectivity index (χ2n) is 6.12. The van der Waals surface area contributed by atoms with Crippen molar-refractivity contribution < 1.29 is 22.8 Å². The zero-order valence-corrected chi connectivity index (χ0v) is 14.1. The second-order valence-corrected chi connectivity index (χ2v) is 6.12. The smallest absolute Gasteiger partial charge is 0.355 e. The summed E-state index contributed by atoms with van der Waals surface area (Å²) in [5, 5.41) is 5.06. The van der Waals surface area contributed by atoms with E-state index in [9.17, 15) is 22.8 Å². The molecule has 0 atom stereocenters. The highest BCUT2D eigenvalue weighted by Crippen LogP contribution is 2.31. The number of nitrogens with one attached hydrogen (secondary N) is 2. The number of alkyl halides is 3. The first-order chi connectivity index (χ1) is 11.1. The number of benzene rings is 1. The van der Waals surface area contributed by atoms with Crippen LogP contribution in [0.15, 0.2) is 24.3 Å². The number of hydrogen-bond donors (Lipinski definition) is 2. The first kappa shape index (κ1) is 20.0. The van der Waals surface area contributed by atoms with Gasteiger partial charge in [0.1, 0.15) is 5.41 Å². The standard InChI is InChI=1S/C17H23F3N2O2/c1-4-5-6-10-21-14(23)16(2,3)15(24)22-13-9-7-8-12(11-13)17(18,19)20/h7-9,11H,4-6,10H2,1-3H3,(H,21,23)(H,22,24). The van der Waals surface area contributed by atoms with Crippen molar-refractivity contribution in [2.24, 2.45) is 5.41 Å². The highest BCUT2D eigenvalue weighted by molar-refractivity contribution is 6.09. The van der Waals surface area contributed by atoms with E-state index in [4.69, 9.17) is 0 Å². The van der Waals surface area contributed by atoms with Gasteiger partial charge in [0.15, 0.2) is 0 Å². The maximum absolute atomic E-state index is 12.7. The van der Waals surface area contributed by atoms with Crippen LogP contribution in [0.1, 0.15) is 45.6 Å². The van der Waals surface area contributed by atoms with E-state index in [1.54, 1.807) is 0 Å². The van der Waals surface area contributed by atoms with Crippen molar-refractivity contribution in [1.29, 1.82) is 0 Å². The fraction of sp³-hybridized carbons (Fsp3) is 0.529. The van der Waals surface area contributed by atoms with Gasteiger partial charge in [-0.2, -0.15) is 13.2 Å². The van der Waals surface area contributed by atoms with E-state index in [0.717, 1.165) is 31.4 Å². The number of halogens is 3. The average Bonchev–Trinajstić information content (AvgIpc) is 2.50. The number of carbonyl (C=O) groups is 2. The minimum Gasteiger partial charge on any atom is -0.355 e. The Morgan fingerprint density at radius 3 is 2.33 bits per heavy atom. The van der Waals surface area contributed by atoms with Crippen molar-refractivity contribution in [2.45, 2.75) is 46.2 Å². The molecule has 2 N–H and O–H groups in total. The third-order valence-corrected chi connectivity index (χ3v) is 3.65. The van der Waals surface area contributed by atoms with Crippen molar-refractivity contribution in [1.82, 2.24) is 5.32 Å². The summed E-state index contributed by atoms with van der Waals surface area (Å²) in [4.78, 5) is 24.4. The van der Waals surface area contributed by atoms with Crippen LogP contribution in [0.3, 0.4) is 0 Å². The van der Waals surface area contributed by atoms with Crippen LogP contribution in [0.4, 0.5) is 18.9 Å². The van der Waals surface area contributed by atoms with Crippen LogP contribution in [-0.4, -0.2) is 18.4 Å². The summed E-state index contributed by atoms with van der Waals surface area (Å²) in [5.74, 6) is -1.11. The van der Waals surface area contributed by atoms with E-state index in [-0.39, 0.29) is 5.69 Å². The lowest BCUT2D eigenvalue weighted by Gasteiger charge is -2.23. The van der Waals surface area contributed by atoms with E-state index in [1.165, 1.54) is 26.0 Å². The maximum atomic E-state index is 12.7. The first-order valence-electron chi connectivity index (χ1n) is 7.86. The molecule has 0 unspecified atom stereocenters. The van der Waals surface area contributed by atoms with E-state index in [0.29, 0.717) is 6.54 Å². The Balaban J connectivity index is 2.73. The molecule has 4 nitrogen and oxygen atoms in total. The number of unbranched alkanes of at least 4 members (excludes halogenated alkanes) is 2. The lowest BCUT2D eigenvalue weighted by molar-refractivity contribution is -0.139. The van der Waals surface area contributed by atoms with Gasteiger partial charge < -0.3 is 10.6 Å². The highest BCUT2D eigenvalue weighted by atomic mass is 19.4. The molecule has 1 aromatic rings. The molecule has 0 fully saturated rings. The van der Waals surface area contributed by atoms with Crippen LogP contribution in [0, 0.1) is 5.41 Å². The number of anilines is 1. The molecular weight excluding hydrogens is 321 g/mol. The molecule has 2 amide bonds. The zero-order chi connectivity index (χ0) is 18.4. The van der Waals surface area contributed by atoms with E-state index >= 15 is 0 Å². The zero-order valence-electron chi connectivity index (χ0n) is 14.1. The topological polar surface area (TPSA) is 58.2 Å². The Morgan fingerprint density at radius 1 is 1.08 bits per heavy atom. The Hall–Kier alpha value is -2.05. The Kier molecular flexibility index (Phi) is 6.81. The minimum atomic E-state index is -4.49. The van der Waals surface area contributed by atoms with Gasteiger partial charge in [-0.3, -0.25) is 9.59 Å². The molecule has 0 saturated carbocycles. The predicted octanol–water partition coefficient (Wildman–Crippen LogP) is 3.98. The number of carbonyl (C=O) groups excluding carboxylic acids is 2. The fourth-order valence-corrected chi connectivity index (χ4v) is 1.96. The summed E-state index contributed by atoms with van der Waals surface area (Å²) in [6, 6.07) is 4.31. The van der Waals surface area contributed by atoms with Crippen LogP contribution in [-0.2, 0) is 15.8 Å².